The summed E-state index contributed by atoms with van der Waals surface area (Å²) < 4.78 is 13.3. The average Bonchev–Trinajstić information content (AvgIpc) is 3.22. The van der Waals surface area contributed by atoms with Crippen LogP contribution in [0.25, 0.3) is 10.8 Å². The first-order chi connectivity index (χ1) is 27.6. The highest BCUT2D eigenvalue weighted by molar-refractivity contribution is 5.91. The van der Waals surface area contributed by atoms with E-state index in [1.54, 1.807) is 0 Å². The van der Waals surface area contributed by atoms with Crippen LogP contribution in [-0.4, -0.2) is 0 Å². The van der Waals surface area contributed by atoms with Crippen molar-refractivity contribution >= 4 is 10.8 Å². The maximum absolute atomic E-state index is 6.68. The van der Waals surface area contributed by atoms with Gasteiger partial charge in [0, 0.05) is 11.8 Å². The Kier molecular flexibility index (Phi) is 11.8. The Bertz CT molecular complexity index is 2350. The van der Waals surface area contributed by atoms with Crippen molar-refractivity contribution in [1.82, 2.24) is 0 Å². The predicted octanol–water partition coefficient (Wildman–Crippen LogP) is 15.2. The maximum atomic E-state index is 6.68. The smallest absolute Gasteiger partial charge is 0.135 e. The number of hydrogen-bond donors (Lipinski definition) is 0. The summed E-state index contributed by atoms with van der Waals surface area (Å²) in [5.74, 6) is 4.63. The van der Waals surface area contributed by atoms with E-state index >= 15 is 0 Å². The van der Waals surface area contributed by atoms with Gasteiger partial charge >= 0.3 is 0 Å². The Labute approximate surface area is 340 Å². The number of ether oxygens (including phenoxy) is 2. The van der Waals surface area contributed by atoms with Crippen molar-refractivity contribution in [3.05, 3.63) is 221 Å². The number of rotatable bonds is 11. The third kappa shape index (κ3) is 8.19. The third-order valence-electron chi connectivity index (χ3n) is 12.1. The molecule has 288 valence electrons. The van der Waals surface area contributed by atoms with Gasteiger partial charge in [-0.15, -0.1) is 0 Å². The first kappa shape index (κ1) is 39.4. The summed E-state index contributed by atoms with van der Waals surface area (Å²) in [6.07, 6.45) is 13.9. The Morgan fingerprint density at radius 3 is 1.63 bits per heavy atom. The monoisotopic (exact) mass is 748 g/mol. The number of allylic oxidation sites excluding steroid dienone is 7. The number of fused-ring (bicyclic) bond motifs is 1. The quantitative estimate of drug-likeness (QED) is 0.123. The minimum atomic E-state index is -0.605. The van der Waals surface area contributed by atoms with Crippen LogP contribution in [0.15, 0.2) is 193 Å². The molecule has 1 aliphatic carbocycles. The molecule has 1 unspecified atom stereocenters. The summed E-state index contributed by atoms with van der Waals surface area (Å²) in [7, 11) is 0. The average molecular weight is 749 g/mol. The van der Waals surface area contributed by atoms with E-state index in [4.69, 9.17) is 9.47 Å². The lowest BCUT2D eigenvalue weighted by atomic mass is 9.65. The first-order valence-electron chi connectivity index (χ1n) is 20.5. The minimum Gasteiger partial charge on any atom is -0.461 e. The van der Waals surface area contributed by atoms with Crippen molar-refractivity contribution in [2.45, 2.75) is 66.2 Å². The molecule has 0 aliphatic heterocycles. The summed E-state index contributed by atoms with van der Waals surface area (Å²) in [6.45, 7) is 16.1. The maximum Gasteiger partial charge on any atom is 0.135 e. The Hall–Kier alpha value is -5.86. The zero-order chi connectivity index (χ0) is 40.0. The van der Waals surface area contributed by atoms with E-state index in [9.17, 15) is 0 Å². The standard InChI is InChI=1S/C55H56O2/c1-39(2)49-36-38-53(51-26-18-17-25-50(49)51)57-48-33-29-45(30-34-48)55(42-20-12-9-13-21-42,43-22-14-10-15-23-43)44-27-31-47(32-28-44)56-46-24-16-8-11-19-41(5)52(37-35-46)54(6,7)40(3)4/h8-23,25-41H,24H2,1-7H3/b16-8-,19-11-,46-35+,52-37+. The van der Waals surface area contributed by atoms with Gasteiger partial charge in [-0.2, -0.15) is 0 Å². The van der Waals surface area contributed by atoms with Crippen molar-refractivity contribution < 1.29 is 9.47 Å². The Morgan fingerprint density at radius 1 is 0.544 bits per heavy atom. The Balaban J connectivity index is 1.27. The highest BCUT2D eigenvalue weighted by Crippen LogP contribution is 2.46. The second-order valence-corrected chi connectivity index (χ2v) is 16.5. The highest BCUT2D eigenvalue weighted by atomic mass is 16.5. The predicted molar refractivity (Wildman–Crippen MR) is 240 cm³/mol. The molecule has 1 aliphatic rings. The van der Waals surface area contributed by atoms with E-state index in [-0.39, 0.29) is 5.41 Å². The van der Waals surface area contributed by atoms with Crippen molar-refractivity contribution in [3.63, 3.8) is 0 Å². The van der Waals surface area contributed by atoms with Gasteiger partial charge < -0.3 is 9.47 Å². The molecular weight excluding hydrogens is 693 g/mol. The summed E-state index contributed by atoms with van der Waals surface area (Å²) in [4.78, 5) is 0. The van der Waals surface area contributed by atoms with Crippen molar-refractivity contribution in [3.8, 4) is 17.2 Å². The van der Waals surface area contributed by atoms with Gasteiger partial charge in [-0.3, -0.25) is 0 Å². The molecular formula is C55H56O2. The molecule has 2 nitrogen and oxygen atoms in total. The van der Waals surface area contributed by atoms with Crippen LogP contribution in [0.4, 0.5) is 0 Å². The van der Waals surface area contributed by atoms with Crippen LogP contribution in [0.1, 0.15) is 88.6 Å². The molecule has 0 spiro atoms. The summed E-state index contributed by atoms with van der Waals surface area (Å²) in [5.41, 5.74) is 6.84. The van der Waals surface area contributed by atoms with Crippen molar-refractivity contribution in [2.75, 3.05) is 0 Å². The lowest BCUT2D eigenvalue weighted by Gasteiger charge is -2.37. The second kappa shape index (κ2) is 17.1. The number of benzene rings is 6. The summed E-state index contributed by atoms with van der Waals surface area (Å²) in [6, 6.07) is 51.8. The molecule has 2 heteroatoms. The van der Waals surface area contributed by atoms with Gasteiger partial charge in [-0.05, 0) is 92.8 Å². The van der Waals surface area contributed by atoms with Gasteiger partial charge in [0.1, 0.15) is 23.0 Å². The largest absolute Gasteiger partial charge is 0.461 e. The van der Waals surface area contributed by atoms with Gasteiger partial charge in [0.2, 0.25) is 0 Å². The zero-order valence-electron chi connectivity index (χ0n) is 34.6. The first-order valence-corrected chi connectivity index (χ1v) is 20.5. The number of hydrogen-bond acceptors (Lipinski definition) is 2. The normalized spacial score (nSPS) is 18.0. The molecule has 0 fully saturated rings. The SMILES string of the molecule is CC1/C=C\C=C/C/C(Oc2ccc(C(c3ccccc3)(c3ccccc3)c3ccc(Oc4ccc(C(C)C)c5ccccc45)cc3)cc2)=C\C=C/1C(C)(C)C(C)C. The van der Waals surface area contributed by atoms with E-state index in [0.29, 0.717) is 24.2 Å². The third-order valence-corrected chi connectivity index (χ3v) is 12.1. The van der Waals surface area contributed by atoms with Crippen LogP contribution >= 0.6 is 0 Å². The van der Waals surface area contributed by atoms with E-state index in [0.717, 1.165) is 39.5 Å². The molecule has 0 radical (unpaired) electrons. The molecule has 0 N–H and O–H groups in total. The van der Waals surface area contributed by atoms with Crippen molar-refractivity contribution in [1.29, 1.82) is 0 Å². The van der Waals surface area contributed by atoms with E-state index in [1.165, 1.54) is 27.6 Å². The van der Waals surface area contributed by atoms with Gasteiger partial charge in [0.05, 0.1) is 5.41 Å². The minimum absolute atomic E-state index is 0.0475. The van der Waals surface area contributed by atoms with E-state index in [1.807, 2.05) is 0 Å². The van der Waals surface area contributed by atoms with Crippen LogP contribution in [-0.2, 0) is 5.41 Å². The van der Waals surface area contributed by atoms with Crippen LogP contribution in [0.2, 0.25) is 0 Å². The fraction of sp³-hybridized carbons (Fsp3) is 0.236. The topological polar surface area (TPSA) is 18.5 Å². The fourth-order valence-corrected chi connectivity index (χ4v) is 8.30. The molecule has 6 aromatic carbocycles. The molecule has 0 aromatic heterocycles. The van der Waals surface area contributed by atoms with Gasteiger partial charge in [-0.1, -0.05) is 200 Å². The molecule has 1 atom stereocenters. The van der Waals surface area contributed by atoms with Crippen molar-refractivity contribution in [2.24, 2.45) is 17.3 Å². The van der Waals surface area contributed by atoms with Gasteiger partial charge in [0.15, 0.2) is 0 Å². The zero-order valence-corrected chi connectivity index (χ0v) is 34.6. The van der Waals surface area contributed by atoms with E-state index < -0.39 is 5.41 Å². The fourth-order valence-electron chi connectivity index (χ4n) is 8.30. The molecule has 7 rings (SSSR count). The Morgan fingerprint density at radius 2 is 1.07 bits per heavy atom. The molecule has 0 amide bonds. The van der Waals surface area contributed by atoms with Gasteiger partial charge in [-0.25, -0.2) is 0 Å². The summed E-state index contributed by atoms with van der Waals surface area (Å²) >= 11 is 0. The molecule has 0 saturated heterocycles. The second-order valence-electron chi connectivity index (χ2n) is 16.5. The lowest BCUT2D eigenvalue weighted by Crippen LogP contribution is -2.30. The molecule has 0 bridgehead atoms. The van der Waals surface area contributed by atoms with Gasteiger partial charge in [0.25, 0.3) is 0 Å². The highest BCUT2D eigenvalue weighted by Gasteiger charge is 2.38. The molecule has 0 saturated carbocycles. The van der Waals surface area contributed by atoms with Crippen LogP contribution in [0.5, 0.6) is 17.2 Å². The summed E-state index contributed by atoms with van der Waals surface area (Å²) in [5, 5.41) is 2.36. The lowest BCUT2D eigenvalue weighted by molar-refractivity contribution is 0.291. The van der Waals surface area contributed by atoms with Crippen LogP contribution < -0.4 is 9.47 Å². The van der Waals surface area contributed by atoms with Crippen LogP contribution in [0.3, 0.4) is 0 Å². The molecule has 57 heavy (non-hydrogen) atoms. The molecule has 0 heterocycles. The molecule has 6 aromatic rings. The van der Waals surface area contributed by atoms with E-state index in [2.05, 4.69) is 231 Å². The van der Waals surface area contributed by atoms with Crippen LogP contribution in [0, 0.1) is 17.3 Å².